The van der Waals surface area contributed by atoms with E-state index in [2.05, 4.69) is 10.6 Å². The molecule has 13 heteroatoms. The summed E-state index contributed by atoms with van der Waals surface area (Å²) in [5.74, 6) is -2.28. The molecule has 3 N–H and O–H groups in total. The Bertz CT molecular complexity index is 1920. The monoisotopic (exact) mass is 793 g/mol. The largest absolute Gasteiger partial charge is 0.451 e. The Hall–Kier alpha value is -5.66. The molecule has 3 unspecified atom stereocenters. The maximum atomic E-state index is 13.7. The fourth-order valence-electron chi connectivity index (χ4n) is 6.80. The number of fused-ring (bicyclic) bond motifs is 1. The number of rotatable bonds is 14. The summed E-state index contributed by atoms with van der Waals surface area (Å²) >= 11 is 1.26. The number of carbonyl (C=O) groups is 5. The minimum atomic E-state index is -1.26. The maximum absolute atomic E-state index is 13.7. The van der Waals surface area contributed by atoms with Crippen molar-refractivity contribution in [2.24, 2.45) is 0 Å². The van der Waals surface area contributed by atoms with Crippen molar-refractivity contribution < 1.29 is 43.3 Å². The molecule has 4 aromatic rings. The Morgan fingerprint density at radius 3 is 1.72 bits per heavy atom. The van der Waals surface area contributed by atoms with Crippen LogP contribution in [0.15, 0.2) is 121 Å². The molecule has 298 valence electrons. The number of β-lactam (4-membered cyclic amide) rings is 1. The summed E-state index contributed by atoms with van der Waals surface area (Å²) in [6.45, 7) is 5.11. The van der Waals surface area contributed by atoms with E-state index in [4.69, 9.17) is 14.2 Å². The number of carbonyl (C=O) groups excluding carboxylic acids is 5. The zero-order valence-electron chi connectivity index (χ0n) is 32.0. The lowest BCUT2D eigenvalue weighted by molar-refractivity contribution is -0.173. The van der Waals surface area contributed by atoms with Crippen molar-refractivity contribution >= 4 is 41.6 Å². The molecule has 57 heavy (non-hydrogen) atoms. The summed E-state index contributed by atoms with van der Waals surface area (Å²) < 4.78 is 17.5. The van der Waals surface area contributed by atoms with E-state index in [1.54, 1.807) is 20.8 Å². The van der Waals surface area contributed by atoms with Gasteiger partial charge in [0.1, 0.15) is 23.1 Å². The molecular formula is C44H47N3O9S. The number of aliphatic hydroxyl groups is 1. The lowest BCUT2D eigenvalue weighted by atomic mass is 9.98. The molecule has 0 aromatic heterocycles. The lowest BCUT2D eigenvalue weighted by Crippen LogP contribution is -2.76. The van der Waals surface area contributed by atoms with Crippen molar-refractivity contribution in [3.63, 3.8) is 0 Å². The number of amides is 3. The molecule has 6 rings (SSSR count). The third kappa shape index (κ3) is 10.4. The number of benzene rings is 4. The third-order valence-corrected chi connectivity index (χ3v) is 10.9. The van der Waals surface area contributed by atoms with Crippen LogP contribution in [0, 0.1) is 0 Å². The van der Waals surface area contributed by atoms with E-state index in [1.807, 2.05) is 121 Å². The highest BCUT2D eigenvalue weighted by atomic mass is 32.2. The highest BCUT2D eigenvalue weighted by Crippen LogP contribution is 2.40. The zero-order chi connectivity index (χ0) is 40.5. The predicted molar refractivity (Wildman–Crippen MR) is 213 cm³/mol. The van der Waals surface area contributed by atoms with Crippen LogP contribution in [-0.2, 0) is 33.4 Å². The van der Waals surface area contributed by atoms with Crippen LogP contribution in [0.25, 0.3) is 0 Å². The van der Waals surface area contributed by atoms with Crippen LogP contribution >= 0.6 is 11.8 Å². The fraction of sp³-hybridized carbons (Fsp3) is 0.341. The standard InChI is InChI=1S/C44H47N3O9S/c1-44(2,3)56-43(53)45-32(41(51)54-37(28-17-8-4-9-18-28)29-19-10-5-11-20-29)25-16-26-34(49)46-35-39(50)47-36(33(48)27-57-40(35)47)42(52)55-38(30-21-12-6-13-22-30)31-23-14-7-15-24-31/h4-15,17-24,32-33,35-38,40,48H,16,25-27H2,1-3H3,(H,45,53)(H,46,49)/t32?,33?,35-,36?,40-/m1/s1. The second-order valence-electron chi connectivity index (χ2n) is 14.9. The molecule has 2 fully saturated rings. The van der Waals surface area contributed by atoms with Gasteiger partial charge in [0.25, 0.3) is 0 Å². The molecule has 4 aromatic carbocycles. The molecular weight excluding hydrogens is 747 g/mol. The van der Waals surface area contributed by atoms with Gasteiger partial charge in [0, 0.05) is 12.2 Å². The summed E-state index contributed by atoms with van der Waals surface area (Å²) in [6.07, 6.45) is -3.40. The minimum Gasteiger partial charge on any atom is -0.451 e. The van der Waals surface area contributed by atoms with Crippen LogP contribution in [0.1, 0.15) is 74.5 Å². The van der Waals surface area contributed by atoms with Gasteiger partial charge in [-0.25, -0.2) is 14.4 Å². The molecule has 0 aliphatic carbocycles. The Balaban J connectivity index is 1.08. The number of nitrogens with one attached hydrogen (secondary N) is 2. The van der Waals surface area contributed by atoms with Gasteiger partial charge in [0.2, 0.25) is 11.8 Å². The average molecular weight is 794 g/mol. The van der Waals surface area contributed by atoms with Gasteiger partial charge in [0.05, 0.1) is 6.10 Å². The van der Waals surface area contributed by atoms with Crippen LogP contribution in [-0.4, -0.2) is 80.8 Å². The second kappa shape index (κ2) is 18.5. The molecule has 12 nitrogen and oxygen atoms in total. The average Bonchev–Trinajstić information content (AvgIpc) is 3.21. The van der Waals surface area contributed by atoms with Crippen LogP contribution < -0.4 is 10.6 Å². The molecule has 2 aliphatic heterocycles. The van der Waals surface area contributed by atoms with Gasteiger partial charge >= 0.3 is 18.0 Å². The van der Waals surface area contributed by atoms with Crippen LogP contribution in [0.2, 0.25) is 0 Å². The number of alkyl carbamates (subject to hydrolysis) is 1. The highest BCUT2D eigenvalue weighted by molar-refractivity contribution is 8.00. The van der Waals surface area contributed by atoms with Gasteiger partial charge in [0.15, 0.2) is 18.2 Å². The van der Waals surface area contributed by atoms with Crippen LogP contribution in [0.3, 0.4) is 0 Å². The molecule has 3 amide bonds. The molecule has 2 heterocycles. The predicted octanol–water partition coefficient (Wildman–Crippen LogP) is 5.85. The van der Waals surface area contributed by atoms with Crippen molar-refractivity contribution in [1.82, 2.24) is 15.5 Å². The van der Waals surface area contributed by atoms with Gasteiger partial charge < -0.3 is 34.9 Å². The van der Waals surface area contributed by atoms with E-state index < -0.39 is 77.3 Å². The van der Waals surface area contributed by atoms with Crippen LogP contribution in [0.4, 0.5) is 4.79 Å². The van der Waals surface area contributed by atoms with Gasteiger partial charge in [-0.1, -0.05) is 121 Å². The van der Waals surface area contributed by atoms with Crippen molar-refractivity contribution in [3.05, 3.63) is 144 Å². The Labute approximate surface area is 336 Å². The Kier molecular flexibility index (Phi) is 13.3. The van der Waals surface area contributed by atoms with Crippen molar-refractivity contribution in [2.45, 2.75) is 87.4 Å². The zero-order valence-corrected chi connectivity index (χ0v) is 32.8. The SMILES string of the molecule is CC(C)(C)OC(=O)NC(CCCC(=O)N[C@@H]1C(=O)N2C(C(=O)OC(c3ccccc3)c3ccccc3)C(O)CS[C@H]12)C(=O)OC(c1ccccc1)c1ccccc1. The second-order valence-corrected chi connectivity index (χ2v) is 16.0. The first kappa shape index (κ1) is 41.0. The number of ether oxygens (including phenoxy) is 3. The number of nitrogens with zero attached hydrogens (tertiary/aromatic N) is 1. The topological polar surface area (TPSA) is 161 Å². The lowest BCUT2D eigenvalue weighted by Gasteiger charge is -2.53. The molecule has 2 aliphatic rings. The first-order valence-corrected chi connectivity index (χ1v) is 20.0. The van der Waals surface area contributed by atoms with E-state index in [9.17, 15) is 29.1 Å². The first-order valence-electron chi connectivity index (χ1n) is 18.9. The molecule has 0 radical (unpaired) electrons. The smallest absolute Gasteiger partial charge is 0.408 e. The summed E-state index contributed by atoms with van der Waals surface area (Å²) in [6, 6.07) is 33.5. The van der Waals surface area contributed by atoms with E-state index in [0.717, 1.165) is 22.3 Å². The minimum absolute atomic E-state index is 0.0365. The summed E-state index contributed by atoms with van der Waals surface area (Å²) in [5.41, 5.74) is 2.12. The van der Waals surface area contributed by atoms with E-state index >= 15 is 0 Å². The summed E-state index contributed by atoms with van der Waals surface area (Å²) in [4.78, 5) is 68.4. The highest BCUT2D eigenvalue weighted by Gasteiger charge is 2.58. The quantitative estimate of drug-likeness (QED) is 0.0804. The van der Waals surface area contributed by atoms with Gasteiger partial charge in [-0.05, 0) is 55.9 Å². The van der Waals surface area contributed by atoms with Gasteiger partial charge in [-0.3, -0.25) is 9.59 Å². The number of esters is 2. The molecule has 0 bridgehead atoms. The van der Waals surface area contributed by atoms with E-state index in [-0.39, 0.29) is 25.0 Å². The molecule has 0 saturated carbocycles. The summed E-state index contributed by atoms with van der Waals surface area (Å²) in [5, 5.41) is 15.7. The number of thioether (sulfide) groups is 1. The summed E-state index contributed by atoms with van der Waals surface area (Å²) in [7, 11) is 0. The Morgan fingerprint density at radius 2 is 1.25 bits per heavy atom. The normalized spacial score (nSPS) is 19.5. The molecule has 0 spiro atoms. The molecule has 5 atom stereocenters. The number of hydrogen-bond acceptors (Lipinski definition) is 10. The maximum Gasteiger partial charge on any atom is 0.408 e. The van der Waals surface area contributed by atoms with Gasteiger partial charge in [-0.15, -0.1) is 11.8 Å². The van der Waals surface area contributed by atoms with E-state index in [0.29, 0.717) is 0 Å². The molecule has 2 saturated heterocycles. The number of hydrogen-bond donors (Lipinski definition) is 3. The van der Waals surface area contributed by atoms with Crippen molar-refractivity contribution in [3.8, 4) is 0 Å². The van der Waals surface area contributed by atoms with Crippen molar-refractivity contribution in [2.75, 3.05) is 5.75 Å². The first-order chi connectivity index (χ1) is 27.4. The van der Waals surface area contributed by atoms with Crippen molar-refractivity contribution in [1.29, 1.82) is 0 Å². The third-order valence-electron chi connectivity index (χ3n) is 9.49. The van der Waals surface area contributed by atoms with E-state index in [1.165, 1.54) is 16.7 Å². The Morgan fingerprint density at radius 1 is 0.772 bits per heavy atom. The van der Waals surface area contributed by atoms with Crippen LogP contribution in [0.5, 0.6) is 0 Å². The fourth-order valence-corrected chi connectivity index (χ4v) is 8.15. The number of aliphatic hydroxyl groups excluding tert-OH is 1. The van der Waals surface area contributed by atoms with Gasteiger partial charge in [-0.2, -0.15) is 0 Å².